The molecule has 1 heterocycles. The summed E-state index contributed by atoms with van der Waals surface area (Å²) in [6.45, 7) is 8.82. The second-order valence-electron chi connectivity index (χ2n) is 7.08. The van der Waals surface area contributed by atoms with Crippen LogP contribution in [0.25, 0.3) is 0 Å². The number of anilines is 1. The van der Waals surface area contributed by atoms with E-state index in [4.69, 9.17) is 9.15 Å². The van der Waals surface area contributed by atoms with Gasteiger partial charge in [0.25, 0.3) is 5.91 Å². The Morgan fingerprint density at radius 3 is 2.52 bits per heavy atom. The molecule has 3 aromatic rings. The van der Waals surface area contributed by atoms with E-state index in [1.54, 1.807) is 13.0 Å². The molecule has 1 aromatic heterocycles. The quantitative estimate of drug-likeness (QED) is 0.520. The van der Waals surface area contributed by atoms with Crippen molar-refractivity contribution < 1.29 is 22.7 Å². The van der Waals surface area contributed by atoms with Crippen LogP contribution in [0.4, 0.5) is 14.5 Å². The summed E-state index contributed by atoms with van der Waals surface area (Å²) in [5, 5.41) is 2.65. The van der Waals surface area contributed by atoms with Crippen molar-refractivity contribution in [3.8, 4) is 11.8 Å². The van der Waals surface area contributed by atoms with Gasteiger partial charge in [-0.05, 0) is 57.5 Å². The van der Waals surface area contributed by atoms with Gasteiger partial charge in [-0.1, -0.05) is 6.07 Å². The van der Waals surface area contributed by atoms with Crippen LogP contribution in [0, 0.1) is 18.6 Å². The molecule has 1 N–H and O–H groups in total. The number of carbonyl (C=O) groups is 1. The second-order valence-corrected chi connectivity index (χ2v) is 7.08. The van der Waals surface area contributed by atoms with Gasteiger partial charge in [0.05, 0.1) is 6.04 Å². The molecule has 0 aliphatic carbocycles. The van der Waals surface area contributed by atoms with Crippen LogP contribution in [-0.4, -0.2) is 24.0 Å². The normalized spacial score (nSPS) is 11.8. The number of hydrogen-bond acceptors (Lipinski definition) is 5. The van der Waals surface area contributed by atoms with Crippen molar-refractivity contribution in [3.05, 3.63) is 71.1 Å². The van der Waals surface area contributed by atoms with Crippen LogP contribution in [0.5, 0.6) is 11.8 Å². The van der Waals surface area contributed by atoms with Gasteiger partial charge in [0, 0.05) is 30.4 Å². The number of nitrogens with one attached hydrogen (secondary N) is 1. The molecule has 0 radical (unpaired) electrons. The van der Waals surface area contributed by atoms with Gasteiger partial charge in [-0.3, -0.25) is 4.79 Å². The molecule has 0 aliphatic heterocycles. The van der Waals surface area contributed by atoms with E-state index in [0.29, 0.717) is 11.3 Å². The number of benzene rings is 2. The first-order chi connectivity index (χ1) is 14.8. The Morgan fingerprint density at radius 2 is 1.87 bits per heavy atom. The summed E-state index contributed by atoms with van der Waals surface area (Å²) in [5.41, 5.74) is 1.24. The lowest BCUT2D eigenvalue weighted by Crippen LogP contribution is -2.27. The number of halogens is 2. The van der Waals surface area contributed by atoms with Gasteiger partial charge < -0.3 is 19.4 Å². The fourth-order valence-electron chi connectivity index (χ4n) is 3.11. The van der Waals surface area contributed by atoms with Gasteiger partial charge in [0.15, 0.2) is 5.69 Å². The summed E-state index contributed by atoms with van der Waals surface area (Å²) < 4.78 is 38.5. The summed E-state index contributed by atoms with van der Waals surface area (Å²) in [4.78, 5) is 18.7. The topological polar surface area (TPSA) is 67.6 Å². The Labute approximate surface area is 179 Å². The lowest BCUT2D eigenvalue weighted by atomic mass is 10.1. The molecule has 0 spiro atoms. The van der Waals surface area contributed by atoms with Gasteiger partial charge in [-0.15, -0.1) is 0 Å². The van der Waals surface area contributed by atoms with E-state index in [-0.39, 0.29) is 17.3 Å². The summed E-state index contributed by atoms with van der Waals surface area (Å²) in [7, 11) is 0. The Kier molecular flexibility index (Phi) is 6.89. The van der Waals surface area contributed by atoms with Gasteiger partial charge in [0.1, 0.15) is 23.6 Å². The standard InChI is InChI=1S/C23H25F2N3O3/c1-5-28(6-2)17-8-7-9-18(12-17)31-23-27-21(13-30-23)22(29)26-15(4)16-10-19(24)14(3)20(25)11-16/h7-13,15H,5-6H2,1-4H3,(H,26,29)/t15-/m1/s1. The number of aromatic nitrogens is 1. The van der Waals surface area contributed by atoms with Gasteiger partial charge in [-0.2, -0.15) is 4.98 Å². The van der Waals surface area contributed by atoms with Gasteiger partial charge in [0.2, 0.25) is 0 Å². The van der Waals surface area contributed by atoms with Crippen LogP contribution >= 0.6 is 0 Å². The zero-order valence-corrected chi connectivity index (χ0v) is 17.9. The van der Waals surface area contributed by atoms with Crippen LogP contribution in [0.2, 0.25) is 0 Å². The number of rotatable bonds is 8. The van der Waals surface area contributed by atoms with E-state index >= 15 is 0 Å². The second kappa shape index (κ2) is 9.59. The fourth-order valence-corrected chi connectivity index (χ4v) is 3.11. The van der Waals surface area contributed by atoms with Crippen molar-refractivity contribution in [1.29, 1.82) is 0 Å². The number of hydrogen-bond donors (Lipinski definition) is 1. The summed E-state index contributed by atoms with van der Waals surface area (Å²) in [6, 6.07) is 9.23. The Hall–Kier alpha value is -3.42. The molecule has 1 atom stereocenters. The van der Waals surface area contributed by atoms with Crippen molar-refractivity contribution in [1.82, 2.24) is 10.3 Å². The number of oxazole rings is 1. The molecule has 0 saturated heterocycles. The lowest BCUT2D eigenvalue weighted by Gasteiger charge is -2.21. The van der Waals surface area contributed by atoms with Crippen LogP contribution in [-0.2, 0) is 0 Å². The predicted molar refractivity (Wildman–Crippen MR) is 114 cm³/mol. The summed E-state index contributed by atoms with van der Waals surface area (Å²) in [6.07, 6.45) is 1.09. The fraction of sp³-hybridized carbons (Fsp3) is 0.304. The molecule has 31 heavy (non-hydrogen) atoms. The van der Waals surface area contributed by atoms with Crippen LogP contribution < -0.4 is 15.0 Å². The van der Waals surface area contributed by atoms with E-state index in [0.717, 1.165) is 18.8 Å². The first-order valence-electron chi connectivity index (χ1n) is 10.1. The first-order valence-corrected chi connectivity index (χ1v) is 10.1. The monoisotopic (exact) mass is 429 g/mol. The maximum Gasteiger partial charge on any atom is 0.399 e. The Morgan fingerprint density at radius 1 is 1.19 bits per heavy atom. The molecule has 3 rings (SSSR count). The highest BCUT2D eigenvalue weighted by atomic mass is 19.1. The van der Waals surface area contributed by atoms with E-state index in [1.807, 2.05) is 18.2 Å². The average Bonchev–Trinajstić information content (AvgIpc) is 3.21. The maximum absolute atomic E-state index is 13.8. The van der Waals surface area contributed by atoms with Gasteiger partial charge in [-0.25, -0.2) is 8.78 Å². The minimum absolute atomic E-state index is 0.00481. The Balaban J connectivity index is 1.68. The summed E-state index contributed by atoms with van der Waals surface area (Å²) in [5.74, 6) is -1.36. The third-order valence-electron chi connectivity index (χ3n) is 5.02. The average molecular weight is 429 g/mol. The van der Waals surface area contributed by atoms with E-state index in [1.165, 1.54) is 25.3 Å². The molecule has 2 aromatic carbocycles. The molecule has 0 aliphatic rings. The molecule has 6 nitrogen and oxygen atoms in total. The van der Waals surface area contributed by atoms with Crippen molar-refractivity contribution in [2.45, 2.75) is 33.7 Å². The molecule has 164 valence electrons. The molecular formula is C23H25F2N3O3. The molecule has 0 unspecified atom stereocenters. The SMILES string of the molecule is CCN(CC)c1cccc(Oc2nc(C(=O)N[C@H](C)c3cc(F)c(C)c(F)c3)co2)c1. The zero-order valence-electron chi connectivity index (χ0n) is 17.9. The van der Waals surface area contributed by atoms with Crippen molar-refractivity contribution >= 4 is 11.6 Å². The van der Waals surface area contributed by atoms with Crippen LogP contribution in [0.15, 0.2) is 47.1 Å². The minimum atomic E-state index is -0.667. The highest BCUT2D eigenvalue weighted by Crippen LogP contribution is 2.26. The molecule has 0 saturated carbocycles. The lowest BCUT2D eigenvalue weighted by molar-refractivity contribution is 0.0934. The van der Waals surface area contributed by atoms with Crippen molar-refractivity contribution in [3.63, 3.8) is 0 Å². The Bertz CT molecular complexity index is 1040. The van der Waals surface area contributed by atoms with Crippen molar-refractivity contribution in [2.75, 3.05) is 18.0 Å². The molecule has 0 fully saturated rings. The highest BCUT2D eigenvalue weighted by Gasteiger charge is 2.18. The van der Waals surface area contributed by atoms with E-state index in [9.17, 15) is 13.6 Å². The van der Waals surface area contributed by atoms with E-state index < -0.39 is 23.6 Å². The van der Waals surface area contributed by atoms with Crippen LogP contribution in [0.3, 0.4) is 0 Å². The predicted octanol–water partition coefficient (Wildman–Crippen LogP) is 5.39. The first kappa shape index (κ1) is 22.3. The van der Waals surface area contributed by atoms with E-state index in [2.05, 4.69) is 29.0 Å². The van der Waals surface area contributed by atoms with Crippen LogP contribution in [0.1, 0.15) is 48.4 Å². The molecule has 8 heteroatoms. The number of ether oxygens (including phenoxy) is 1. The minimum Gasteiger partial charge on any atom is -0.416 e. The smallest absolute Gasteiger partial charge is 0.399 e. The number of carbonyl (C=O) groups excluding carboxylic acids is 1. The summed E-state index contributed by atoms with van der Waals surface area (Å²) >= 11 is 0. The third-order valence-corrected chi connectivity index (χ3v) is 5.02. The maximum atomic E-state index is 13.8. The van der Waals surface area contributed by atoms with Crippen molar-refractivity contribution in [2.24, 2.45) is 0 Å². The largest absolute Gasteiger partial charge is 0.416 e. The zero-order chi connectivity index (χ0) is 22.5. The highest BCUT2D eigenvalue weighted by molar-refractivity contribution is 5.92. The number of amides is 1. The molecule has 0 bridgehead atoms. The molecule has 1 amide bonds. The molecular weight excluding hydrogens is 404 g/mol. The van der Waals surface area contributed by atoms with Gasteiger partial charge >= 0.3 is 6.08 Å². The third kappa shape index (κ3) is 5.20. The number of nitrogens with zero attached hydrogens (tertiary/aromatic N) is 2.